The lowest BCUT2D eigenvalue weighted by atomic mass is 10.2. The Morgan fingerprint density at radius 2 is 0.938 bits per heavy atom. The second-order valence-corrected chi connectivity index (χ2v) is 5.59. The number of esters is 2. The highest BCUT2D eigenvalue weighted by Crippen LogP contribution is 2.04. The van der Waals surface area contributed by atoms with Gasteiger partial charge in [0.2, 0.25) is 0 Å². The van der Waals surface area contributed by atoms with Crippen LogP contribution >= 0.6 is 0 Å². The summed E-state index contributed by atoms with van der Waals surface area (Å²) in [6, 6.07) is 0. The normalized spacial score (nSPS) is 9.50. The number of hydrogen-bond acceptors (Lipinski definition) is 10. The summed E-state index contributed by atoms with van der Waals surface area (Å²) < 4.78 is 9.16. The maximum absolute atomic E-state index is 10.9. The number of aliphatic hydroxyl groups is 4. The summed E-state index contributed by atoms with van der Waals surface area (Å²) in [7, 11) is 0. The van der Waals surface area contributed by atoms with Crippen molar-refractivity contribution in [1.82, 2.24) is 0 Å². The van der Waals surface area contributed by atoms with E-state index in [4.69, 9.17) is 30.6 Å². The number of hydrogen-bond donors (Lipinski definition) is 6. The molecular formula is C20H32O12. The molecule has 0 radical (unpaired) electrons. The molecule has 0 aliphatic heterocycles. The van der Waals surface area contributed by atoms with Gasteiger partial charge in [0.05, 0.1) is 13.2 Å². The van der Waals surface area contributed by atoms with Crippen LogP contribution in [0.15, 0.2) is 36.5 Å². The molecule has 0 amide bonds. The average Bonchev–Trinajstić information content (AvgIpc) is 2.76. The summed E-state index contributed by atoms with van der Waals surface area (Å²) >= 11 is 0. The number of aliphatic carboxylic acids is 2. The molecule has 0 aromatic carbocycles. The van der Waals surface area contributed by atoms with E-state index in [1.807, 2.05) is 0 Å². The Bertz CT molecular complexity index is 522. The molecule has 32 heavy (non-hydrogen) atoms. The van der Waals surface area contributed by atoms with Crippen LogP contribution in [0.2, 0.25) is 0 Å². The SMILES string of the molecule is C=C(CCCO)C(=O)OCCO.C=C(CCCO)C(=O)OCCO.O=C(O)/C=C\C(=O)O. The zero-order valence-electron chi connectivity index (χ0n) is 17.8. The van der Waals surface area contributed by atoms with Crippen molar-refractivity contribution in [3.63, 3.8) is 0 Å². The van der Waals surface area contributed by atoms with Gasteiger partial charge in [0.25, 0.3) is 0 Å². The molecule has 0 aliphatic rings. The van der Waals surface area contributed by atoms with Crippen molar-refractivity contribution in [3.8, 4) is 0 Å². The molecule has 0 fully saturated rings. The van der Waals surface area contributed by atoms with Crippen molar-refractivity contribution in [1.29, 1.82) is 0 Å². The van der Waals surface area contributed by atoms with Gasteiger partial charge < -0.3 is 40.1 Å². The summed E-state index contributed by atoms with van der Waals surface area (Å²) in [5.41, 5.74) is 0.662. The number of aliphatic hydroxyl groups excluding tert-OH is 4. The Hall–Kier alpha value is -3.06. The second-order valence-electron chi connectivity index (χ2n) is 5.59. The van der Waals surface area contributed by atoms with Crippen LogP contribution in [-0.2, 0) is 28.7 Å². The van der Waals surface area contributed by atoms with Crippen molar-refractivity contribution < 1.29 is 59.3 Å². The van der Waals surface area contributed by atoms with Gasteiger partial charge in [-0.1, -0.05) is 13.2 Å². The molecule has 0 heterocycles. The van der Waals surface area contributed by atoms with Gasteiger partial charge in [-0.3, -0.25) is 0 Å². The number of rotatable bonds is 14. The minimum absolute atomic E-state index is 0.00300. The molecule has 6 N–H and O–H groups in total. The minimum Gasteiger partial charge on any atom is -0.478 e. The molecule has 12 nitrogen and oxygen atoms in total. The minimum atomic E-state index is -1.26. The predicted molar refractivity (Wildman–Crippen MR) is 111 cm³/mol. The third kappa shape index (κ3) is 26.9. The largest absolute Gasteiger partial charge is 0.478 e. The molecule has 12 heteroatoms. The smallest absolute Gasteiger partial charge is 0.333 e. The monoisotopic (exact) mass is 464 g/mol. The van der Waals surface area contributed by atoms with E-state index in [-0.39, 0.29) is 39.6 Å². The molecule has 0 aromatic heterocycles. The van der Waals surface area contributed by atoms with E-state index in [9.17, 15) is 19.2 Å². The third-order valence-corrected chi connectivity index (χ3v) is 2.87. The van der Waals surface area contributed by atoms with Gasteiger partial charge >= 0.3 is 23.9 Å². The first-order chi connectivity index (χ1) is 15.1. The van der Waals surface area contributed by atoms with Crippen LogP contribution < -0.4 is 0 Å². The Balaban J connectivity index is -0.000000404. The van der Waals surface area contributed by atoms with Crippen LogP contribution in [0.3, 0.4) is 0 Å². The fourth-order valence-electron chi connectivity index (χ4n) is 1.41. The first-order valence-electron chi connectivity index (χ1n) is 9.34. The molecule has 0 saturated heterocycles. The van der Waals surface area contributed by atoms with Crippen molar-refractivity contribution in [3.05, 3.63) is 36.5 Å². The fourth-order valence-corrected chi connectivity index (χ4v) is 1.41. The fraction of sp³-hybridized carbons (Fsp3) is 0.500. The molecule has 0 spiro atoms. The predicted octanol–water partition coefficient (Wildman–Crippen LogP) is -0.587. The highest BCUT2D eigenvalue weighted by atomic mass is 16.5. The van der Waals surface area contributed by atoms with Gasteiger partial charge in [-0.15, -0.1) is 0 Å². The van der Waals surface area contributed by atoms with Crippen molar-refractivity contribution in [2.45, 2.75) is 25.7 Å². The molecule has 0 aliphatic carbocycles. The zero-order valence-corrected chi connectivity index (χ0v) is 17.8. The molecule has 184 valence electrons. The van der Waals surface area contributed by atoms with Crippen LogP contribution in [0.1, 0.15) is 25.7 Å². The van der Waals surface area contributed by atoms with Gasteiger partial charge in [0, 0.05) is 36.5 Å². The van der Waals surface area contributed by atoms with Crippen LogP contribution in [0.5, 0.6) is 0 Å². The Kier molecular flexibility index (Phi) is 25.4. The maximum atomic E-state index is 10.9. The molecule has 0 atom stereocenters. The van der Waals surface area contributed by atoms with Gasteiger partial charge in [0.15, 0.2) is 0 Å². The average molecular weight is 464 g/mol. The topological polar surface area (TPSA) is 208 Å². The highest BCUT2D eigenvalue weighted by molar-refractivity contribution is 5.89. The lowest BCUT2D eigenvalue weighted by molar-refractivity contribution is -0.141. The van der Waals surface area contributed by atoms with Crippen LogP contribution in [0, 0.1) is 0 Å². The lowest BCUT2D eigenvalue weighted by Crippen LogP contribution is -2.10. The van der Waals surface area contributed by atoms with Gasteiger partial charge in [-0.25, -0.2) is 19.2 Å². The Morgan fingerprint density at radius 3 is 1.16 bits per heavy atom. The van der Waals surface area contributed by atoms with E-state index in [1.165, 1.54) is 0 Å². The molecule has 0 unspecified atom stereocenters. The van der Waals surface area contributed by atoms with Gasteiger partial charge in [-0.2, -0.15) is 0 Å². The van der Waals surface area contributed by atoms with E-state index in [0.717, 1.165) is 0 Å². The summed E-state index contributed by atoms with van der Waals surface area (Å²) in [5.74, 6) is -3.52. The summed E-state index contributed by atoms with van der Waals surface area (Å²) in [6.45, 7) is 6.65. The molecule has 0 bridgehead atoms. The highest BCUT2D eigenvalue weighted by Gasteiger charge is 2.07. The Morgan fingerprint density at radius 1 is 0.625 bits per heavy atom. The van der Waals surface area contributed by atoms with E-state index < -0.39 is 23.9 Å². The number of ether oxygens (including phenoxy) is 2. The van der Waals surface area contributed by atoms with Gasteiger partial charge in [0.1, 0.15) is 13.2 Å². The molecule has 0 aromatic rings. The first-order valence-corrected chi connectivity index (χ1v) is 9.34. The summed E-state index contributed by atoms with van der Waals surface area (Å²) in [4.78, 5) is 40.9. The van der Waals surface area contributed by atoms with E-state index in [1.54, 1.807) is 0 Å². The molecular weight excluding hydrogens is 432 g/mol. The summed E-state index contributed by atoms with van der Waals surface area (Å²) in [6.07, 6.45) is 2.99. The lowest BCUT2D eigenvalue weighted by Gasteiger charge is -2.03. The first kappa shape index (κ1) is 33.6. The third-order valence-electron chi connectivity index (χ3n) is 2.87. The number of carboxylic acids is 2. The van der Waals surface area contributed by atoms with Crippen LogP contribution in [0.25, 0.3) is 0 Å². The van der Waals surface area contributed by atoms with Gasteiger partial charge in [-0.05, 0) is 25.7 Å². The van der Waals surface area contributed by atoms with E-state index in [0.29, 0.717) is 49.0 Å². The number of carbonyl (C=O) groups excluding carboxylic acids is 2. The second kappa shape index (κ2) is 24.2. The van der Waals surface area contributed by atoms with Crippen LogP contribution in [-0.4, -0.2) is 94.2 Å². The summed E-state index contributed by atoms with van der Waals surface area (Å²) in [5, 5.41) is 49.2. The van der Waals surface area contributed by atoms with Crippen molar-refractivity contribution in [2.24, 2.45) is 0 Å². The standard InChI is InChI=1S/2C8H14O4.C4H4O4/c2*1-7(3-2-4-9)8(11)12-6-5-10;5-3(6)1-2-4(7)8/h2*9-10H,1-6H2;1-2H,(H,5,6)(H,7,8)/b;;2-1-. The zero-order chi connectivity index (χ0) is 25.4. The van der Waals surface area contributed by atoms with Crippen LogP contribution in [0.4, 0.5) is 0 Å². The maximum Gasteiger partial charge on any atom is 0.333 e. The number of carboxylic acid groups (broad SMARTS) is 2. The quantitative estimate of drug-likeness (QED) is 0.141. The Labute approximate surface area is 185 Å². The van der Waals surface area contributed by atoms with Crippen molar-refractivity contribution >= 4 is 23.9 Å². The van der Waals surface area contributed by atoms with Crippen molar-refractivity contribution in [2.75, 3.05) is 39.6 Å². The molecule has 0 saturated carbocycles. The number of carbonyl (C=O) groups is 4. The van der Waals surface area contributed by atoms with E-state index in [2.05, 4.69) is 22.6 Å². The van der Waals surface area contributed by atoms with E-state index >= 15 is 0 Å². The molecule has 0 rings (SSSR count).